The lowest BCUT2D eigenvalue weighted by Crippen LogP contribution is -2.11. The number of halogens is 2. The van der Waals surface area contributed by atoms with Crippen molar-refractivity contribution in [3.63, 3.8) is 0 Å². The first-order chi connectivity index (χ1) is 5.09. The van der Waals surface area contributed by atoms with Crippen LogP contribution in [0, 0.1) is 0 Å². The summed E-state index contributed by atoms with van der Waals surface area (Å²) in [4.78, 5) is 11.2. The zero-order valence-corrected chi connectivity index (χ0v) is 8.33. The second-order valence-electron chi connectivity index (χ2n) is 1.71. The van der Waals surface area contributed by atoms with Gasteiger partial charge in [-0.1, -0.05) is 0 Å². The molecule has 0 atom stereocenters. The quantitative estimate of drug-likeness (QED) is 0.876. The molecule has 0 spiro atoms. The van der Waals surface area contributed by atoms with Gasteiger partial charge in [0.25, 0.3) is 0 Å². The molecule has 1 rings (SSSR count). The third kappa shape index (κ3) is 2.26. The van der Waals surface area contributed by atoms with Crippen LogP contribution in [-0.4, -0.2) is 26.1 Å². The number of hydrogen-bond acceptors (Lipinski definition) is 3. The predicted molar refractivity (Wildman–Crippen MR) is 43.1 cm³/mol. The van der Waals surface area contributed by atoms with Crippen LogP contribution in [0.1, 0.15) is 0 Å². The van der Waals surface area contributed by atoms with Crippen LogP contribution in [0.15, 0.2) is 9.21 Å². The van der Waals surface area contributed by atoms with Crippen molar-refractivity contribution in [2.45, 2.75) is 6.54 Å². The number of carboxylic acid groups (broad SMARTS) is 1. The minimum Gasteiger partial charge on any atom is -0.480 e. The fourth-order valence-corrected chi connectivity index (χ4v) is 1.02. The maximum atomic E-state index is 10.2. The molecule has 0 aromatic carbocycles. The van der Waals surface area contributed by atoms with E-state index in [1.807, 2.05) is 0 Å². The van der Waals surface area contributed by atoms with Gasteiger partial charge in [-0.25, -0.2) is 0 Å². The van der Waals surface area contributed by atoms with Gasteiger partial charge in [-0.2, -0.15) is 4.80 Å². The number of carbonyl (C=O) groups is 1. The van der Waals surface area contributed by atoms with Crippen LogP contribution < -0.4 is 0 Å². The van der Waals surface area contributed by atoms with Gasteiger partial charge in [-0.05, 0) is 31.9 Å². The van der Waals surface area contributed by atoms with Crippen molar-refractivity contribution in [1.82, 2.24) is 15.0 Å². The van der Waals surface area contributed by atoms with Crippen molar-refractivity contribution >= 4 is 37.8 Å². The summed E-state index contributed by atoms with van der Waals surface area (Å²) in [5.74, 6) is -0.972. The fraction of sp³-hybridized carbons (Fsp3) is 0.250. The van der Waals surface area contributed by atoms with Crippen LogP contribution in [0.5, 0.6) is 0 Å². The molecule has 1 heterocycles. The summed E-state index contributed by atoms with van der Waals surface area (Å²) in [5, 5.41) is 15.8. The largest absolute Gasteiger partial charge is 0.480 e. The first-order valence-electron chi connectivity index (χ1n) is 2.57. The zero-order valence-electron chi connectivity index (χ0n) is 5.16. The van der Waals surface area contributed by atoms with Gasteiger partial charge >= 0.3 is 5.97 Å². The van der Waals surface area contributed by atoms with E-state index in [4.69, 9.17) is 5.11 Å². The second kappa shape index (κ2) is 3.31. The molecule has 0 aliphatic rings. The van der Waals surface area contributed by atoms with Gasteiger partial charge in [0.15, 0.2) is 15.8 Å². The molecular formula is C4H3Br2N3O2. The van der Waals surface area contributed by atoms with Crippen molar-refractivity contribution in [1.29, 1.82) is 0 Å². The maximum Gasteiger partial charge on any atom is 0.327 e. The van der Waals surface area contributed by atoms with E-state index in [2.05, 4.69) is 42.1 Å². The molecule has 1 aromatic rings. The van der Waals surface area contributed by atoms with Gasteiger partial charge in [0, 0.05) is 0 Å². The molecule has 11 heavy (non-hydrogen) atoms. The topological polar surface area (TPSA) is 68.0 Å². The number of aliphatic carboxylic acids is 1. The SMILES string of the molecule is O=C(O)Cn1nc(Br)c(Br)n1. The molecule has 1 aromatic heterocycles. The van der Waals surface area contributed by atoms with Gasteiger partial charge in [-0.15, -0.1) is 10.2 Å². The monoisotopic (exact) mass is 283 g/mol. The molecule has 0 aliphatic heterocycles. The predicted octanol–water partition coefficient (Wildman–Crippen LogP) is 0.888. The zero-order chi connectivity index (χ0) is 8.43. The standard InChI is InChI=1S/C4H3Br2N3O2/c5-3-4(6)8-9(7-3)1-2(10)11/h1H2,(H,10,11). The van der Waals surface area contributed by atoms with Crippen LogP contribution in [-0.2, 0) is 11.3 Å². The van der Waals surface area contributed by atoms with E-state index in [9.17, 15) is 4.79 Å². The lowest BCUT2D eigenvalue weighted by atomic mass is 10.7. The van der Waals surface area contributed by atoms with Crippen molar-refractivity contribution in [2.24, 2.45) is 0 Å². The van der Waals surface area contributed by atoms with E-state index in [1.165, 1.54) is 0 Å². The van der Waals surface area contributed by atoms with Crippen molar-refractivity contribution in [2.75, 3.05) is 0 Å². The summed E-state index contributed by atoms with van der Waals surface area (Å²) in [6.07, 6.45) is 0. The van der Waals surface area contributed by atoms with Gasteiger partial charge in [0.1, 0.15) is 0 Å². The second-order valence-corrected chi connectivity index (χ2v) is 3.21. The highest BCUT2D eigenvalue weighted by molar-refractivity contribution is 9.13. The van der Waals surface area contributed by atoms with E-state index in [0.29, 0.717) is 9.21 Å². The van der Waals surface area contributed by atoms with E-state index >= 15 is 0 Å². The number of rotatable bonds is 2. The number of carboxylic acids is 1. The van der Waals surface area contributed by atoms with Gasteiger partial charge in [0.2, 0.25) is 0 Å². The average molecular weight is 285 g/mol. The Bertz CT molecular complexity index is 265. The smallest absolute Gasteiger partial charge is 0.327 e. The fourth-order valence-electron chi connectivity index (χ4n) is 0.499. The van der Waals surface area contributed by atoms with E-state index in [0.717, 1.165) is 4.80 Å². The molecule has 7 heteroatoms. The molecule has 0 amide bonds. The third-order valence-electron chi connectivity index (χ3n) is 0.853. The highest BCUT2D eigenvalue weighted by atomic mass is 79.9. The Kier molecular flexibility index (Phi) is 2.61. The summed E-state index contributed by atoms with van der Waals surface area (Å²) in [6, 6.07) is 0. The average Bonchev–Trinajstić information content (AvgIpc) is 2.10. The minimum absolute atomic E-state index is 0.232. The van der Waals surface area contributed by atoms with Crippen LogP contribution in [0.2, 0.25) is 0 Å². The first kappa shape index (κ1) is 8.66. The molecule has 0 saturated carbocycles. The highest BCUT2D eigenvalue weighted by Crippen LogP contribution is 2.16. The Morgan fingerprint density at radius 2 is 1.91 bits per heavy atom. The molecule has 0 radical (unpaired) electrons. The molecule has 0 unspecified atom stereocenters. The summed E-state index contributed by atoms with van der Waals surface area (Å²) in [7, 11) is 0. The molecular weight excluding hydrogens is 282 g/mol. The maximum absolute atomic E-state index is 10.2. The Morgan fingerprint density at radius 1 is 1.45 bits per heavy atom. The molecule has 0 aliphatic carbocycles. The van der Waals surface area contributed by atoms with E-state index in [1.54, 1.807) is 0 Å². The Balaban J connectivity index is 2.81. The van der Waals surface area contributed by atoms with Crippen LogP contribution >= 0.6 is 31.9 Å². The normalized spacial score (nSPS) is 10.0. The van der Waals surface area contributed by atoms with Gasteiger partial charge in [-0.3, -0.25) is 4.79 Å². The van der Waals surface area contributed by atoms with E-state index < -0.39 is 5.97 Å². The Morgan fingerprint density at radius 3 is 2.27 bits per heavy atom. The molecule has 5 nitrogen and oxygen atoms in total. The molecule has 60 valence electrons. The van der Waals surface area contributed by atoms with Crippen molar-refractivity contribution in [3.05, 3.63) is 9.21 Å². The lowest BCUT2D eigenvalue weighted by molar-refractivity contribution is -0.138. The lowest BCUT2D eigenvalue weighted by Gasteiger charge is -1.89. The molecule has 0 fully saturated rings. The number of hydrogen-bond donors (Lipinski definition) is 1. The third-order valence-corrected chi connectivity index (χ3v) is 2.45. The molecule has 1 N–H and O–H groups in total. The van der Waals surface area contributed by atoms with Crippen LogP contribution in [0.25, 0.3) is 0 Å². The molecule has 0 saturated heterocycles. The van der Waals surface area contributed by atoms with Gasteiger partial charge in [0.05, 0.1) is 0 Å². The molecule has 0 bridgehead atoms. The van der Waals surface area contributed by atoms with Crippen LogP contribution in [0.3, 0.4) is 0 Å². The van der Waals surface area contributed by atoms with Crippen molar-refractivity contribution in [3.8, 4) is 0 Å². The highest BCUT2D eigenvalue weighted by Gasteiger charge is 2.06. The number of aromatic nitrogens is 3. The van der Waals surface area contributed by atoms with E-state index in [-0.39, 0.29) is 6.54 Å². The first-order valence-corrected chi connectivity index (χ1v) is 4.16. The summed E-state index contributed by atoms with van der Waals surface area (Å²) < 4.78 is 0.998. The van der Waals surface area contributed by atoms with Crippen molar-refractivity contribution < 1.29 is 9.90 Å². The Hall–Kier alpha value is -0.430. The summed E-state index contributed by atoms with van der Waals surface area (Å²) >= 11 is 6.14. The number of nitrogens with zero attached hydrogens (tertiary/aromatic N) is 3. The summed E-state index contributed by atoms with van der Waals surface area (Å²) in [5.41, 5.74) is 0. The Labute approximate surface area is 78.6 Å². The minimum atomic E-state index is -0.972. The van der Waals surface area contributed by atoms with Gasteiger partial charge < -0.3 is 5.11 Å². The summed E-state index contributed by atoms with van der Waals surface area (Å²) in [6.45, 7) is -0.232. The van der Waals surface area contributed by atoms with Crippen LogP contribution in [0.4, 0.5) is 0 Å².